The molecule has 2 heteroatoms. The van der Waals surface area contributed by atoms with Gasteiger partial charge in [0.25, 0.3) is 0 Å². The third-order valence-electron chi connectivity index (χ3n) is 16.4. The Labute approximate surface area is 113 Å². The summed E-state index contributed by atoms with van der Waals surface area (Å²) in [5, 5.41) is 0. The second-order valence-corrected chi connectivity index (χ2v) is 35.4. The average molecular weight is 316 g/mol. The van der Waals surface area contributed by atoms with Crippen LogP contribution in [0.5, 0.6) is 0 Å². The molecule has 0 amide bonds. The molecule has 0 N–H and O–H groups in total. The van der Waals surface area contributed by atoms with Crippen molar-refractivity contribution in [2.75, 3.05) is 0 Å². The van der Waals surface area contributed by atoms with Gasteiger partial charge in [-0.15, -0.1) is 0 Å². The molecule has 4 unspecified atom stereocenters. The minimum atomic E-state index is -3.18. The Morgan fingerprint density at radius 2 is 1.43 bits per heavy atom. The molecule has 0 saturated carbocycles. The summed E-state index contributed by atoms with van der Waals surface area (Å²) in [7, 11) is 0. The number of rotatable bonds is 3. The van der Waals surface area contributed by atoms with Gasteiger partial charge in [0.2, 0.25) is 0 Å². The van der Waals surface area contributed by atoms with E-state index in [2.05, 4.69) is 6.58 Å². The van der Waals surface area contributed by atoms with Crippen LogP contribution >= 0.6 is 0 Å². The van der Waals surface area contributed by atoms with E-state index in [0.29, 0.717) is 10.1 Å². The summed E-state index contributed by atoms with van der Waals surface area (Å²) in [5.74, 6) is 0.323. The van der Waals surface area contributed by atoms with Gasteiger partial charge in [0.1, 0.15) is 0 Å². The Morgan fingerprint density at radius 3 is 1.81 bits per heavy atom. The molecule has 0 radical (unpaired) electrons. The van der Waals surface area contributed by atoms with Crippen LogP contribution in [-0.4, -0.2) is 5.78 Å². The van der Waals surface area contributed by atoms with Crippen molar-refractivity contribution in [1.82, 2.24) is 0 Å². The molecule has 1 nitrogen and oxygen atoms in total. The van der Waals surface area contributed by atoms with E-state index in [0.717, 1.165) is 20.8 Å². The van der Waals surface area contributed by atoms with E-state index in [9.17, 15) is 4.79 Å². The van der Waals surface area contributed by atoms with Gasteiger partial charge in [-0.3, -0.25) is 0 Å². The van der Waals surface area contributed by atoms with Gasteiger partial charge in [-0.2, -0.15) is 0 Å². The summed E-state index contributed by atoms with van der Waals surface area (Å²) in [5.41, 5.74) is 2.04. The molecule has 10 fully saturated rings. The van der Waals surface area contributed by atoms with Gasteiger partial charge in [0.05, 0.1) is 0 Å². The molecule has 10 aliphatic heterocycles. The van der Waals surface area contributed by atoms with Crippen LogP contribution < -0.4 is 0 Å². The SMILES string of the molecule is C=C(C(=O)c1ccccc1)[C]12[CH]3[CH]4[CH]5[CH]1[Fe]45321678[CH]2[CH]1[CH]6[CH]7[CH]28. The first-order chi connectivity index (χ1) is 9.97. The number of hydrogen-bond donors (Lipinski definition) is 0. The zero-order valence-electron chi connectivity index (χ0n) is 11.6. The minimum absolute atomic E-state index is 0.323. The molecule has 1 aromatic carbocycles. The fraction of sp³-hybridized carbons (Fsp3) is 0.526. The van der Waals surface area contributed by atoms with Crippen molar-refractivity contribution in [2.24, 2.45) is 0 Å². The Hall–Kier alpha value is -0.851. The van der Waals surface area contributed by atoms with Crippen LogP contribution in [0, 0.1) is 0 Å². The molecule has 21 heavy (non-hydrogen) atoms. The van der Waals surface area contributed by atoms with Crippen LogP contribution in [0.4, 0.5) is 0 Å². The van der Waals surface area contributed by atoms with Crippen LogP contribution in [0.3, 0.4) is 0 Å². The van der Waals surface area contributed by atoms with Gasteiger partial charge in [0.15, 0.2) is 0 Å². The van der Waals surface area contributed by atoms with Gasteiger partial charge in [-0.05, 0) is 0 Å². The van der Waals surface area contributed by atoms with E-state index >= 15 is 0 Å². The quantitative estimate of drug-likeness (QED) is 0.426. The number of Topliss-reactive ketones (excluding diaryl/α,β-unsaturated/α-hetero) is 1. The van der Waals surface area contributed by atoms with Gasteiger partial charge in [0, 0.05) is 0 Å². The fourth-order valence-electron chi connectivity index (χ4n) is 18.0. The third kappa shape index (κ3) is 0.103. The Bertz CT molecular complexity index is 1210. The second-order valence-electron chi connectivity index (χ2n) is 11.9. The van der Waals surface area contributed by atoms with Crippen molar-refractivity contribution in [1.29, 1.82) is 0 Å². The van der Waals surface area contributed by atoms with Crippen molar-refractivity contribution in [2.45, 2.75) is 47.7 Å². The maximum absolute atomic E-state index is 13.1. The Morgan fingerprint density at radius 1 is 0.905 bits per heavy atom. The molecule has 4 atom stereocenters. The zero-order chi connectivity index (χ0) is 13.3. The number of allylic oxidation sites excluding steroid dienone is 1. The third-order valence-corrected chi connectivity index (χ3v) is 58.8. The van der Waals surface area contributed by atoms with Crippen LogP contribution in [0.1, 0.15) is 10.4 Å². The van der Waals surface area contributed by atoms with E-state index < -0.39 is 6.51 Å². The maximum atomic E-state index is 13.1. The first-order valence-electron chi connectivity index (χ1n) is 8.48. The normalized spacial score (nSPS) is 98.2. The number of carbonyl (C=O) groups is 1. The molecular formula is C19H16FeO. The average Bonchev–Trinajstić information content (AvgIpc) is 3.47. The van der Waals surface area contributed by atoms with E-state index in [1.54, 1.807) is 0 Å². The molecule has 0 aliphatic carbocycles. The molecule has 1 spiro atoms. The van der Waals surface area contributed by atoms with Crippen molar-refractivity contribution in [3.05, 3.63) is 48.0 Å². The molecule has 11 rings (SSSR count). The van der Waals surface area contributed by atoms with Crippen molar-refractivity contribution in [3.63, 3.8) is 0 Å². The van der Waals surface area contributed by atoms with Gasteiger partial charge < -0.3 is 0 Å². The van der Waals surface area contributed by atoms with Crippen LogP contribution in [-0.2, 0) is 6.51 Å². The van der Waals surface area contributed by atoms with Crippen molar-refractivity contribution < 1.29 is 11.3 Å². The summed E-state index contributed by atoms with van der Waals surface area (Å²) in [4.78, 5) is 24.3. The number of fused-ring (bicyclic) bond motifs is 10. The predicted molar refractivity (Wildman–Crippen MR) is 76.4 cm³/mol. The van der Waals surface area contributed by atoms with Crippen molar-refractivity contribution >= 4 is 5.78 Å². The van der Waals surface area contributed by atoms with Crippen LogP contribution in [0.15, 0.2) is 42.5 Å². The van der Waals surface area contributed by atoms with Crippen LogP contribution in [0.25, 0.3) is 0 Å². The Kier molecular flexibility index (Phi) is 0.294. The second kappa shape index (κ2) is 0.759. The number of ketones is 1. The predicted octanol–water partition coefficient (Wildman–Crippen LogP) is 5.18. The van der Waals surface area contributed by atoms with E-state index in [1.165, 1.54) is 33.7 Å². The molecule has 10 aliphatic rings. The fourth-order valence-corrected chi connectivity index (χ4v) is 92.2. The molecule has 106 valence electrons. The molecule has 0 aromatic heterocycles. The van der Waals surface area contributed by atoms with Crippen molar-refractivity contribution in [3.8, 4) is 0 Å². The standard InChI is InChI=1S/C14H11O.C5H5.Fe/c1-11(12-7-5-6-8-12)14(15)13-9-3-2-4-10-13;1-2-4-5-3-1;/h2-10H,1H2;1-5H;. The van der Waals surface area contributed by atoms with E-state index in [-0.39, 0.29) is 0 Å². The van der Waals surface area contributed by atoms with Gasteiger partial charge >= 0.3 is 113 Å². The first kappa shape index (κ1) is 8.13. The van der Waals surface area contributed by atoms with Crippen LogP contribution in [0.2, 0.25) is 47.7 Å². The first-order valence-corrected chi connectivity index (χ1v) is 14.8. The Balaban J connectivity index is 1.30. The summed E-state index contributed by atoms with van der Waals surface area (Å²) in [6.45, 7) is 1.33. The summed E-state index contributed by atoms with van der Waals surface area (Å²) in [6.07, 6.45) is 0. The zero-order valence-corrected chi connectivity index (χ0v) is 12.7. The molecule has 0 bridgehead atoms. The molecule has 10 heterocycles. The van der Waals surface area contributed by atoms with Gasteiger partial charge in [-0.1, -0.05) is 0 Å². The number of hydrogen-bond acceptors (Lipinski definition) is 1. The summed E-state index contributed by atoms with van der Waals surface area (Å²) in [6, 6.07) is 10.00. The number of carbonyl (C=O) groups excluding carboxylic acids is 1. The van der Waals surface area contributed by atoms with E-state index in [4.69, 9.17) is 0 Å². The number of benzene rings is 1. The molecule has 10 saturated heterocycles. The molecule has 1 aromatic rings. The van der Waals surface area contributed by atoms with Gasteiger partial charge in [-0.25, -0.2) is 0 Å². The summed E-state index contributed by atoms with van der Waals surface area (Å²) >= 11 is 0. The monoisotopic (exact) mass is 316 g/mol. The van der Waals surface area contributed by atoms with E-state index in [1.807, 2.05) is 30.3 Å². The summed E-state index contributed by atoms with van der Waals surface area (Å²) < 4.78 is 0.534. The topological polar surface area (TPSA) is 17.1 Å². The molecular weight excluding hydrogens is 300 g/mol.